The number of imide groups is 1. The highest BCUT2D eigenvalue weighted by Gasteiger charge is 2.53. The molecule has 0 bridgehead atoms. The van der Waals surface area contributed by atoms with Crippen LogP contribution in [-0.4, -0.2) is 98.5 Å². The van der Waals surface area contributed by atoms with Crippen LogP contribution in [0.5, 0.6) is 0 Å². The Kier molecular flexibility index (Phi) is 9.53. The lowest BCUT2D eigenvalue weighted by Gasteiger charge is -2.60. The van der Waals surface area contributed by atoms with Gasteiger partial charge in [-0.2, -0.15) is 18.3 Å². The van der Waals surface area contributed by atoms with Crippen LogP contribution < -0.4 is 20.4 Å². The molecule has 3 aromatic heterocycles. The number of urea groups is 1. The van der Waals surface area contributed by atoms with Gasteiger partial charge in [-0.1, -0.05) is 11.2 Å². The minimum Gasteiger partial charge on any atom is -0.369 e. The molecule has 0 unspecified atom stereocenters. The third kappa shape index (κ3) is 7.31. The molecule has 56 heavy (non-hydrogen) atoms. The lowest BCUT2D eigenvalue weighted by atomic mass is 9.56. The maximum atomic E-state index is 15.0. The average Bonchev–Trinajstić information content (AvgIpc) is 3.83. The number of likely N-dealkylation sites (tertiary alicyclic amines) is 1. The Hall–Kier alpha value is -5.46. The SMILES string of the molecule is CC(C)(c1n[nH]c(CNC(=O)c2cc(-c3ncc(N4CCC(CN5CC6(CC(c7ccc(N8CCC(=O)NC8=O)c(F)c7)C6)C5)CC4)cn3)no2)n1)C(F)(F)F. The first-order valence-corrected chi connectivity index (χ1v) is 18.6. The van der Waals surface area contributed by atoms with Gasteiger partial charge in [0.25, 0.3) is 5.91 Å². The number of H-pyrrole nitrogens is 1. The Labute approximate surface area is 318 Å². The molecule has 6 heterocycles. The number of alkyl halides is 3. The van der Waals surface area contributed by atoms with E-state index in [0.717, 1.165) is 83.5 Å². The normalized spacial score (nSPS) is 19.5. The molecule has 15 nitrogen and oxygen atoms in total. The molecule has 8 rings (SSSR count). The van der Waals surface area contributed by atoms with Crippen molar-refractivity contribution >= 4 is 29.2 Å². The van der Waals surface area contributed by atoms with E-state index in [-0.39, 0.29) is 54.2 Å². The van der Waals surface area contributed by atoms with Crippen LogP contribution in [0.1, 0.15) is 79.6 Å². The minimum absolute atomic E-state index is 0.0542. The van der Waals surface area contributed by atoms with Crippen molar-refractivity contribution in [1.29, 1.82) is 0 Å². The van der Waals surface area contributed by atoms with Crippen molar-refractivity contribution in [2.45, 2.75) is 70.0 Å². The van der Waals surface area contributed by atoms with Gasteiger partial charge in [0.15, 0.2) is 17.3 Å². The molecule has 1 saturated carbocycles. The van der Waals surface area contributed by atoms with Gasteiger partial charge in [0.05, 0.1) is 30.3 Å². The maximum Gasteiger partial charge on any atom is 0.401 e. The molecule has 1 spiro atoms. The van der Waals surface area contributed by atoms with Crippen molar-refractivity contribution in [3.05, 3.63) is 65.4 Å². The van der Waals surface area contributed by atoms with E-state index in [2.05, 4.69) is 50.7 Å². The number of aromatic amines is 1. The van der Waals surface area contributed by atoms with Crippen molar-refractivity contribution < 1.29 is 36.5 Å². The van der Waals surface area contributed by atoms with E-state index >= 15 is 4.39 Å². The highest BCUT2D eigenvalue weighted by atomic mass is 19.4. The van der Waals surface area contributed by atoms with Crippen molar-refractivity contribution in [2.75, 3.05) is 49.1 Å². The molecule has 296 valence electrons. The van der Waals surface area contributed by atoms with Crippen LogP contribution in [0.15, 0.2) is 41.2 Å². The van der Waals surface area contributed by atoms with Gasteiger partial charge in [-0.05, 0) is 74.5 Å². The van der Waals surface area contributed by atoms with E-state index in [4.69, 9.17) is 4.52 Å². The lowest BCUT2D eigenvalue weighted by Crippen LogP contribution is -2.62. The van der Waals surface area contributed by atoms with Crippen LogP contribution in [0.25, 0.3) is 11.5 Å². The molecule has 1 aromatic carbocycles. The zero-order valence-electron chi connectivity index (χ0n) is 30.8. The van der Waals surface area contributed by atoms with Gasteiger partial charge < -0.3 is 19.6 Å². The topological polar surface area (TPSA) is 178 Å². The first-order valence-electron chi connectivity index (χ1n) is 18.6. The second-order valence-corrected chi connectivity index (χ2v) is 15.9. The summed E-state index contributed by atoms with van der Waals surface area (Å²) in [5.41, 5.74) is 0.334. The van der Waals surface area contributed by atoms with Crippen molar-refractivity contribution in [3.8, 4) is 11.5 Å². The number of piperidine rings is 1. The lowest BCUT2D eigenvalue weighted by molar-refractivity contribution is -0.182. The highest BCUT2D eigenvalue weighted by molar-refractivity contribution is 6.05. The quantitative estimate of drug-likeness (QED) is 0.190. The number of benzene rings is 1. The Balaban J connectivity index is 0.757. The zero-order chi connectivity index (χ0) is 39.4. The summed E-state index contributed by atoms with van der Waals surface area (Å²) in [4.78, 5) is 55.1. The molecule has 0 radical (unpaired) electrons. The van der Waals surface area contributed by atoms with Crippen molar-refractivity contribution in [2.24, 2.45) is 11.3 Å². The standard InChI is InChI=1S/C37H41F4N11O4/c1-35(2,37(39,40)41)33-45-29(47-48-33)17-44-32(54)28-12-26(49-56-28)31-42-15-24(16-43-31)51-8-5-21(6-9-51)18-50-19-36(20-50)13-23(14-36)22-3-4-27(25(38)11-22)52-10-7-30(53)46-34(52)55/h3-4,11-12,15-16,21,23H,5-10,13-14,17-20H2,1-2H3,(H,44,54)(H,45,47,48)(H,46,53,55). The summed E-state index contributed by atoms with van der Waals surface area (Å²) in [6, 6.07) is 5.90. The van der Waals surface area contributed by atoms with Crippen LogP contribution in [0.2, 0.25) is 0 Å². The third-order valence-electron chi connectivity index (χ3n) is 11.6. The summed E-state index contributed by atoms with van der Waals surface area (Å²) in [6.07, 6.45) is 3.18. The molecule has 4 aromatic rings. The van der Waals surface area contributed by atoms with Gasteiger partial charge in [0, 0.05) is 51.8 Å². The molecular weight excluding hydrogens is 738 g/mol. The van der Waals surface area contributed by atoms with Crippen LogP contribution in [-0.2, 0) is 16.8 Å². The summed E-state index contributed by atoms with van der Waals surface area (Å²) in [5, 5.41) is 14.8. The number of halogens is 4. The van der Waals surface area contributed by atoms with Gasteiger partial charge in [0.1, 0.15) is 17.1 Å². The van der Waals surface area contributed by atoms with E-state index in [1.54, 1.807) is 24.5 Å². The molecule has 3 N–H and O–H groups in total. The summed E-state index contributed by atoms with van der Waals surface area (Å²) in [5.74, 6) is -0.769. The fourth-order valence-electron chi connectivity index (χ4n) is 8.18. The Morgan fingerprint density at radius 3 is 2.46 bits per heavy atom. The Morgan fingerprint density at radius 1 is 1.05 bits per heavy atom. The number of hydrogen-bond acceptors (Lipinski definition) is 11. The zero-order valence-corrected chi connectivity index (χ0v) is 30.8. The molecule has 3 saturated heterocycles. The second-order valence-electron chi connectivity index (χ2n) is 15.9. The average molecular weight is 780 g/mol. The van der Waals surface area contributed by atoms with Crippen molar-refractivity contribution in [3.63, 3.8) is 0 Å². The Morgan fingerprint density at radius 2 is 1.79 bits per heavy atom. The van der Waals surface area contributed by atoms with Crippen molar-refractivity contribution in [1.82, 2.24) is 45.8 Å². The van der Waals surface area contributed by atoms with E-state index in [0.29, 0.717) is 17.3 Å². The van der Waals surface area contributed by atoms with Gasteiger partial charge in [0.2, 0.25) is 11.7 Å². The summed E-state index contributed by atoms with van der Waals surface area (Å²) < 4.78 is 60.1. The van der Waals surface area contributed by atoms with E-state index in [9.17, 15) is 27.6 Å². The fraction of sp³-hybridized carbons (Fsp3) is 0.514. The van der Waals surface area contributed by atoms with Gasteiger partial charge >= 0.3 is 12.2 Å². The van der Waals surface area contributed by atoms with Crippen LogP contribution >= 0.6 is 0 Å². The monoisotopic (exact) mass is 779 g/mol. The molecule has 0 atom stereocenters. The van der Waals surface area contributed by atoms with Gasteiger partial charge in [-0.25, -0.2) is 24.1 Å². The second kappa shape index (κ2) is 14.2. The summed E-state index contributed by atoms with van der Waals surface area (Å²) in [6.45, 7) is 6.83. The van der Waals surface area contributed by atoms with E-state index in [1.807, 2.05) is 6.07 Å². The van der Waals surface area contributed by atoms with Crippen LogP contribution in [0.3, 0.4) is 0 Å². The largest absolute Gasteiger partial charge is 0.401 e. The summed E-state index contributed by atoms with van der Waals surface area (Å²) >= 11 is 0. The number of carbonyl (C=O) groups excluding carboxylic acids is 3. The molecule has 4 amide bonds. The van der Waals surface area contributed by atoms with Gasteiger partial charge in [-0.15, -0.1) is 0 Å². The number of nitrogens with zero attached hydrogens (tertiary/aromatic N) is 8. The molecule has 4 fully saturated rings. The molecule has 4 aliphatic rings. The number of amides is 4. The summed E-state index contributed by atoms with van der Waals surface area (Å²) in [7, 11) is 0. The van der Waals surface area contributed by atoms with Gasteiger partial charge in [-0.3, -0.25) is 24.9 Å². The third-order valence-corrected chi connectivity index (χ3v) is 11.6. The first kappa shape index (κ1) is 37.5. The number of rotatable bonds is 10. The Bertz CT molecular complexity index is 2110. The first-order chi connectivity index (χ1) is 26.7. The molecular formula is C37H41F4N11O4. The number of aromatic nitrogens is 6. The number of hydrogen-bond donors (Lipinski definition) is 3. The van der Waals surface area contributed by atoms with E-state index < -0.39 is 35.2 Å². The van der Waals surface area contributed by atoms with Crippen LogP contribution in [0.4, 0.5) is 33.7 Å². The predicted octanol–water partition coefficient (Wildman–Crippen LogP) is 4.70. The molecule has 19 heteroatoms. The number of carbonyl (C=O) groups is 3. The number of nitrogens with one attached hydrogen (secondary N) is 3. The molecule has 3 aliphatic heterocycles. The molecule has 1 aliphatic carbocycles. The maximum absolute atomic E-state index is 15.0. The predicted molar refractivity (Wildman–Crippen MR) is 192 cm³/mol. The smallest absolute Gasteiger partial charge is 0.369 e. The number of anilines is 2. The highest BCUT2D eigenvalue weighted by Crippen LogP contribution is 2.56. The van der Waals surface area contributed by atoms with E-state index in [1.165, 1.54) is 11.0 Å². The minimum atomic E-state index is -4.54. The van der Waals surface area contributed by atoms with Crippen LogP contribution in [0, 0.1) is 17.2 Å². The fourth-order valence-corrected chi connectivity index (χ4v) is 8.18.